The van der Waals surface area contributed by atoms with Gasteiger partial charge in [0, 0.05) is 12.6 Å². The Balaban J connectivity index is 2.21. The fraction of sp³-hybridized carbons (Fsp3) is 0.583. The molecule has 1 saturated heterocycles. The Morgan fingerprint density at radius 2 is 2.30 bits per heavy atom. The quantitative estimate of drug-likeness (QED) is 0.872. The highest BCUT2D eigenvalue weighted by Crippen LogP contribution is 2.29. The molecule has 20 heavy (non-hydrogen) atoms. The van der Waals surface area contributed by atoms with Gasteiger partial charge in [-0.3, -0.25) is 9.69 Å². The van der Waals surface area contributed by atoms with Crippen molar-refractivity contribution in [1.82, 2.24) is 4.90 Å². The zero-order chi connectivity index (χ0) is 14.9. The minimum absolute atomic E-state index is 0.0509. The van der Waals surface area contributed by atoms with E-state index in [4.69, 9.17) is 9.52 Å². The van der Waals surface area contributed by atoms with Crippen LogP contribution >= 0.6 is 15.9 Å². The van der Waals surface area contributed by atoms with E-state index >= 15 is 0 Å². The van der Waals surface area contributed by atoms with E-state index in [9.17, 15) is 13.2 Å². The summed E-state index contributed by atoms with van der Waals surface area (Å²) in [6, 6.07) is 2.88. The summed E-state index contributed by atoms with van der Waals surface area (Å²) in [6.07, 6.45) is -0.189. The Morgan fingerprint density at radius 3 is 2.85 bits per heavy atom. The summed E-state index contributed by atoms with van der Waals surface area (Å²) in [6.45, 7) is 2.21. The van der Waals surface area contributed by atoms with Crippen molar-refractivity contribution in [3.05, 3.63) is 22.6 Å². The lowest BCUT2D eigenvalue weighted by Gasteiger charge is -2.38. The van der Waals surface area contributed by atoms with E-state index in [0.29, 0.717) is 17.0 Å². The Kier molecular flexibility index (Phi) is 4.55. The molecular formula is C12H16BrNO5S. The molecular weight excluding hydrogens is 350 g/mol. The van der Waals surface area contributed by atoms with Crippen molar-refractivity contribution in [1.29, 1.82) is 0 Å². The van der Waals surface area contributed by atoms with Crippen LogP contribution in [0.15, 0.2) is 21.2 Å². The zero-order valence-corrected chi connectivity index (χ0v) is 13.4. The maximum Gasteiger partial charge on any atom is 0.304 e. The van der Waals surface area contributed by atoms with Gasteiger partial charge in [0.25, 0.3) is 0 Å². The van der Waals surface area contributed by atoms with Gasteiger partial charge in [0.05, 0.1) is 24.0 Å². The number of hydrogen-bond acceptors (Lipinski definition) is 5. The van der Waals surface area contributed by atoms with Crippen LogP contribution in [0, 0.1) is 0 Å². The van der Waals surface area contributed by atoms with Crippen molar-refractivity contribution in [2.24, 2.45) is 0 Å². The average Bonchev–Trinajstić information content (AvgIpc) is 2.73. The SMILES string of the molecule is CC(c1ccc(Br)o1)N1CCS(=O)(=O)CC1CC(=O)O. The first kappa shape index (κ1) is 15.5. The molecule has 2 heterocycles. The largest absolute Gasteiger partial charge is 0.481 e. The van der Waals surface area contributed by atoms with Gasteiger partial charge < -0.3 is 9.52 Å². The Bertz CT molecular complexity index is 597. The third-order valence-electron chi connectivity index (χ3n) is 3.49. The number of sulfone groups is 1. The van der Waals surface area contributed by atoms with Crippen molar-refractivity contribution < 1.29 is 22.7 Å². The van der Waals surface area contributed by atoms with Crippen molar-refractivity contribution in [3.63, 3.8) is 0 Å². The van der Waals surface area contributed by atoms with Gasteiger partial charge in [-0.1, -0.05) is 0 Å². The lowest BCUT2D eigenvalue weighted by molar-refractivity contribution is -0.138. The molecule has 0 amide bonds. The van der Waals surface area contributed by atoms with Crippen LogP contribution < -0.4 is 0 Å². The van der Waals surface area contributed by atoms with Gasteiger partial charge in [-0.05, 0) is 35.0 Å². The zero-order valence-electron chi connectivity index (χ0n) is 11.0. The maximum absolute atomic E-state index is 11.7. The van der Waals surface area contributed by atoms with E-state index < -0.39 is 21.8 Å². The third-order valence-corrected chi connectivity index (χ3v) is 5.61. The predicted molar refractivity (Wildman–Crippen MR) is 76.2 cm³/mol. The second kappa shape index (κ2) is 5.87. The number of carboxylic acids is 1. The standard InChI is InChI=1S/C12H16BrNO5S/c1-8(10-2-3-11(13)19-10)14-4-5-20(17,18)7-9(14)6-12(15)16/h2-3,8-9H,4-7H2,1H3,(H,15,16). The molecule has 0 spiro atoms. The average molecular weight is 366 g/mol. The van der Waals surface area contributed by atoms with Crippen LogP contribution in [0.5, 0.6) is 0 Å². The van der Waals surface area contributed by atoms with Crippen molar-refractivity contribution in [3.8, 4) is 0 Å². The molecule has 1 aliphatic heterocycles. The van der Waals surface area contributed by atoms with Crippen LogP contribution in [0.2, 0.25) is 0 Å². The lowest BCUT2D eigenvalue weighted by Crippen LogP contribution is -2.50. The number of hydrogen-bond donors (Lipinski definition) is 1. The van der Waals surface area contributed by atoms with Gasteiger partial charge in [0.15, 0.2) is 14.5 Å². The summed E-state index contributed by atoms with van der Waals surface area (Å²) in [5.74, 6) is -0.377. The molecule has 0 aliphatic carbocycles. The molecule has 1 fully saturated rings. The van der Waals surface area contributed by atoms with Gasteiger partial charge >= 0.3 is 5.97 Å². The van der Waals surface area contributed by atoms with E-state index in [1.807, 2.05) is 11.8 Å². The van der Waals surface area contributed by atoms with Crippen LogP contribution in [0.1, 0.15) is 25.1 Å². The van der Waals surface area contributed by atoms with Crippen LogP contribution in [-0.4, -0.2) is 48.5 Å². The Hall–Kier alpha value is -0.860. The molecule has 2 rings (SSSR count). The first-order chi connectivity index (χ1) is 9.28. The summed E-state index contributed by atoms with van der Waals surface area (Å²) >= 11 is 3.22. The van der Waals surface area contributed by atoms with Crippen LogP contribution in [0.25, 0.3) is 0 Å². The first-order valence-electron chi connectivity index (χ1n) is 6.22. The number of furan rings is 1. The minimum Gasteiger partial charge on any atom is -0.481 e. The summed E-state index contributed by atoms with van der Waals surface area (Å²) in [7, 11) is -3.17. The summed E-state index contributed by atoms with van der Waals surface area (Å²) < 4.78 is 29.5. The molecule has 0 bridgehead atoms. The van der Waals surface area contributed by atoms with Crippen molar-refractivity contribution in [2.45, 2.75) is 25.4 Å². The summed E-state index contributed by atoms with van der Waals surface area (Å²) in [4.78, 5) is 12.8. The van der Waals surface area contributed by atoms with Crippen molar-refractivity contribution in [2.75, 3.05) is 18.1 Å². The van der Waals surface area contributed by atoms with Crippen LogP contribution in [0.3, 0.4) is 0 Å². The fourth-order valence-corrected chi connectivity index (χ4v) is 4.37. The molecule has 0 radical (unpaired) electrons. The Labute approximate surface area is 125 Å². The van der Waals surface area contributed by atoms with Gasteiger partial charge in [-0.15, -0.1) is 0 Å². The van der Waals surface area contributed by atoms with Gasteiger partial charge in [0.1, 0.15) is 5.76 Å². The van der Waals surface area contributed by atoms with Crippen LogP contribution in [0.4, 0.5) is 0 Å². The fourth-order valence-electron chi connectivity index (χ4n) is 2.50. The number of nitrogens with zero attached hydrogens (tertiary/aromatic N) is 1. The second-order valence-electron chi connectivity index (χ2n) is 4.92. The minimum atomic E-state index is -3.17. The van der Waals surface area contributed by atoms with Gasteiger partial charge in [-0.25, -0.2) is 8.42 Å². The van der Waals surface area contributed by atoms with E-state index in [-0.39, 0.29) is 24.0 Å². The molecule has 0 aromatic carbocycles. The molecule has 0 saturated carbocycles. The highest BCUT2D eigenvalue weighted by molar-refractivity contribution is 9.10. The third kappa shape index (κ3) is 3.62. The van der Waals surface area contributed by atoms with E-state index in [2.05, 4.69) is 15.9 Å². The first-order valence-corrected chi connectivity index (χ1v) is 8.83. The number of halogens is 1. The topological polar surface area (TPSA) is 87.8 Å². The van der Waals surface area contributed by atoms with E-state index in [1.165, 1.54) is 0 Å². The maximum atomic E-state index is 11.7. The molecule has 112 valence electrons. The number of aliphatic carboxylic acids is 1. The highest BCUT2D eigenvalue weighted by Gasteiger charge is 2.36. The van der Waals surface area contributed by atoms with Gasteiger partial charge in [-0.2, -0.15) is 0 Å². The highest BCUT2D eigenvalue weighted by atomic mass is 79.9. The van der Waals surface area contributed by atoms with Crippen LogP contribution in [-0.2, 0) is 14.6 Å². The van der Waals surface area contributed by atoms with E-state index in [1.54, 1.807) is 12.1 Å². The molecule has 6 nitrogen and oxygen atoms in total. The smallest absolute Gasteiger partial charge is 0.304 e. The molecule has 1 aromatic rings. The molecule has 1 N–H and O–H groups in total. The predicted octanol–water partition coefficient (Wildman–Crippen LogP) is 1.68. The second-order valence-corrected chi connectivity index (χ2v) is 7.93. The molecule has 1 aliphatic rings. The Morgan fingerprint density at radius 1 is 1.60 bits per heavy atom. The molecule has 2 atom stereocenters. The summed E-state index contributed by atoms with van der Waals surface area (Å²) in [5.41, 5.74) is 0. The van der Waals surface area contributed by atoms with Gasteiger partial charge in [0.2, 0.25) is 0 Å². The molecule has 1 aromatic heterocycles. The normalized spacial score (nSPS) is 24.4. The lowest BCUT2D eigenvalue weighted by atomic mass is 10.1. The monoisotopic (exact) mass is 365 g/mol. The number of carbonyl (C=O) groups is 1. The molecule has 8 heteroatoms. The number of rotatable bonds is 4. The summed E-state index contributed by atoms with van der Waals surface area (Å²) in [5, 5.41) is 8.96. The van der Waals surface area contributed by atoms with E-state index in [0.717, 1.165) is 0 Å². The molecule has 2 unspecified atom stereocenters. The van der Waals surface area contributed by atoms with Crippen molar-refractivity contribution >= 4 is 31.7 Å². The number of carboxylic acid groups (broad SMARTS) is 1.